The Bertz CT molecular complexity index is 1870. The minimum Gasteiger partial charge on any atom is -0.478 e. The second-order valence-corrected chi connectivity index (χ2v) is 19.7. The van der Waals surface area contributed by atoms with Crippen LogP contribution in [0.15, 0.2) is 60.8 Å². The standard InChI is InChI=1S/C37H47N5O4Si/c1-25(45-3)35-39-33-21-29(11-12-34(33)42(35)24-46-19-20-47(4,5)6)31-13-16-38-36-32(31)22-30(40(36)2)23-41-17-14-27(15-18-41)26-7-9-28(10-8-26)37(43)44/h7-13,16,21-22,25,27H,14-15,17-20,23-24H2,1-6H3,(H,43,44)/t25-/m1/s1. The average molecular weight is 654 g/mol. The third-order valence-electron chi connectivity index (χ3n) is 9.65. The molecular formula is C37H47N5O4Si. The van der Waals surface area contributed by atoms with Crippen LogP contribution in [-0.2, 0) is 29.8 Å². The van der Waals surface area contributed by atoms with Crippen LogP contribution in [-0.4, -0.2) is 70.0 Å². The summed E-state index contributed by atoms with van der Waals surface area (Å²) in [6.45, 7) is 13.2. The van der Waals surface area contributed by atoms with Crippen molar-refractivity contribution in [2.45, 2.75) is 70.7 Å². The van der Waals surface area contributed by atoms with Gasteiger partial charge in [-0.05, 0) is 97.9 Å². The van der Waals surface area contributed by atoms with Crippen molar-refractivity contribution < 1.29 is 19.4 Å². The molecule has 0 aliphatic carbocycles. The van der Waals surface area contributed by atoms with E-state index in [4.69, 9.17) is 19.4 Å². The summed E-state index contributed by atoms with van der Waals surface area (Å²) < 4.78 is 16.2. The van der Waals surface area contributed by atoms with Gasteiger partial charge in [-0.3, -0.25) is 4.90 Å². The number of fused-ring (bicyclic) bond motifs is 2. The van der Waals surface area contributed by atoms with E-state index >= 15 is 0 Å². The van der Waals surface area contributed by atoms with Gasteiger partial charge in [0.15, 0.2) is 0 Å². The van der Waals surface area contributed by atoms with Crippen molar-refractivity contribution >= 4 is 36.1 Å². The number of methoxy groups -OCH3 is 1. The normalized spacial score (nSPS) is 15.5. The maximum absolute atomic E-state index is 11.2. The zero-order chi connectivity index (χ0) is 33.3. The van der Waals surface area contributed by atoms with E-state index in [1.807, 2.05) is 25.3 Å². The molecule has 248 valence electrons. The summed E-state index contributed by atoms with van der Waals surface area (Å²) in [4.78, 5) is 23.6. The molecule has 0 radical (unpaired) electrons. The first kappa shape index (κ1) is 33.1. The number of carboxylic acids is 1. The summed E-state index contributed by atoms with van der Waals surface area (Å²) in [6.07, 6.45) is 3.85. The maximum atomic E-state index is 11.2. The molecule has 0 saturated carbocycles. The number of ether oxygens (including phenoxy) is 2. The molecule has 1 fully saturated rings. The lowest BCUT2D eigenvalue weighted by Gasteiger charge is -2.32. The van der Waals surface area contributed by atoms with Crippen LogP contribution >= 0.6 is 0 Å². The number of pyridine rings is 1. The highest BCUT2D eigenvalue weighted by atomic mass is 28.3. The highest BCUT2D eigenvalue weighted by molar-refractivity contribution is 6.76. The number of piperidine rings is 1. The quantitative estimate of drug-likeness (QED) is 0.109. The van der Waals surface area contributed by atoms with E-state index < -0.39 is 14.0 Å². The van der Waals surface area contributed by atoms with Crippen LogP contribution in [0.3, 0.4) is 0 Å². The molecule has 2 aromatic carbocycles. The predicted molar refractivity (Wildman–Crippen MR) is 190 cm³/mol. The lowest BCUT2D eigenvalue weighted by molar-refractivity contribution is 0.0689. The van der Waals surface area contributed by atoms with Gasteiger partial charge in [0, 0.05) is 52.7 Å². The van der Waals surface area contributed by atoms with Crippen molar-refractivity contribution in [3.8, 4) is 11.1 Å². The summed E-state index contributed by atoms with van der Waals surface area (Å²) in [5.41, 5.74) is 8.00. The van der Waals surface area contributed by atoms with E-state index in [0.717, 1.165) is 84.1 Å². The van der Waals surface area contributed by atoms with Crippen LogP contribution in [0.4, 0.5) is 0 Å². The Balaban J connectivity index is 1.21. The average Bonchev–Trinajstić information content (AvgIpc) is 3.59. The molecular weight excluding hydrogens is 607 g/mol. The number of carbonyl (C=O) groups is 1. The predicted octanol–water partition coefficient (Wildman–Crippen LogP) is 7.69. The number of imidazole rings is 1. The molecule has 0 unspecified atom stereocenters. The van der Waals surface area contributed by atoms with Crippen molar-refractivity contribution in [2.24, 2.45) is 7.05 Å². The van der Waals surface area contributed by atoms with Gasteiger partial charge in [-0.1, -0.05) is 37.8 Å². The van der Waals surface area contributed by atoms with Crippen LogP contribution in [0.2, 0.25) is 25.7 Å². The molecule has 0 amide bonds. The lowest BCUT2D eigenvalue weighted by Crippen LogP contribution is -2.33. The van der Waals surface area contributed by atoms with Gasteiger partial charge < -0.3 is 23.7 Å². The smallest absolute Gasteiger partial charge is 0.335 e. The summed E-state index contributed by atoms with van der Waals surface area (Å²) in [5, 5.41) is 10.4. The number of aromatic carboxylic acids is 1. The molecule has 1 saturated heterocycles. The lowest BCUT2D eigenvalue weighted by atomic mass is 9.89. The number of nitrogens with zero attached hydrogens (tertiary/aromatic N) is 5. The summed E-state index contributed by atoms with van der Waals surface area (Å²) in [6, 6.07) is 19.4. The molecule has 5 aromatic rings. The molecule has 4 heterocycles. The van der Waals surface area contributed by atoms with E-state index in [1.165, 1.54) is 11.3 Å². The van der Waals surface area contributed by atoms with Gasteiger partial charge in [0.1, 0.15) is 24.3 Å². The molecule has 1 N–H and O–H groups in total. The molecule has 0 bridgehead atoms. The monoisotopic (exact) mass is 653 g/mol. The Labute approximate surface area is 278 Å². The molecule has 10 heteroatoms. The van der Waals surface area contributed by atoms with Crippen molar-refractivity contribution in [1.29, 1.82) is 0 Å². The first-order chi connectivity index (χ1) is 22.5. The molecule has 0 spiro atoms. The van der Waals surface area contributed by atoms with Crippen LogP contribution in [0.1, 0.15) is 59.2 Å². The maximum Gasteiger partial charge on any atom is 0.335 e. The van der Waals surface area contributed by atoms with E-state index in [2.05, 4.69) is 71.1 Å². The molecule has 6 rings (SSSR count). The molecule has 9 nitrogen and oxygen atoms in total. The Kier molecular flexibility index (Phi) is 9.66. The number of hydrogen-bond donors (Lipinski definition) is 1. The second-order valence-electron chi connectivity index (χ2n) is 14.1. The molecule has 1 atom stereocenters. The zero-order valence-electron chi connectivity index (χ0n) is 28.5. The highest BCUT2D eigenvalue weighted by Crippen LogP contribution is 2.34. The van der Waals surface area contributed by atoms with Gasteiger partial charge >= 0.3 is 5.97 Å². The third-order valence-corrected chi connectivity index (χ3v) is 11.4. The Hall–Kier alpha value is -3.83. The number of benzene rings is 2. The van der Waals surface area contributed by atoms with Gasteiger partial charge in [0.2, 0.25) is 0 Å². The minimum absolute atomic E-state index is 0.154. The summed E-state index contributed by atoms with van der Waals surface area (Å²) >= 11 is 0. The van der Waals surface area contributed by atoms with Crippen LogP contribution in [0, 0.1) is 0 Å². The van der Waals surface area contributed by atoms with E-state index in [0.29, 0.717) is 18.2 Å². The minimum atomic E-state index is -1.18. The van der Waals surface area contributed by atoms with E-state index in [1.54, 1.807) is 19.2 Å². The number of carboxylic acid groups (broad SMARTS) is 1. The Morgan fingerprint density at radius 3 is 2.49 bits per heavy atom. The number of hydrogen-bond acceptors (Lipinski definition) is 6. The third kappa shape index (κ3) is 7.21. The van der Waals surface area contributed by atoms with Crippen LogP contribution in [0.5, 0.6) is 0 Å². The highest BCUT2D eigenvalue weighted by Gasteiger charge is 2.23. The number of rotatable bonds is 12. The van der Waals surface area contributed by atoms with Crippen molar-refractivity contribution in [3.05, 3.63) is 83.4 Å². The van der Waals surface area contributed by atoms with Gasteiger partial charge in [-0.2, -0.15) is 0 Å². The Morgan fingerprint density at radius 2 is 1.81 bits per heavy atom. The number of likely N-dealkylation sites (tertiary alicyclic amines) is 1. The van der Waals surface area contributed by atoms with E-state index in [-0.39, 0.29) is 6.10 Å². The first-order valence-electron chi connectivity index (χ1n) is 16.6. The summed E-state index contributed by atoms with van der Waals surface area (Å²) in [5.74, 6) is 0.447. The summed E-state index contributed by atoms with van der Waals surface area (Å²) in [7, 11) is 2.65. The van der Waals surface area contributed by atoms with Crippen molar-refractivity contribution in [3.63, 3.8) is 0 Å². The molecule has 3 aromatic heterocycles. The largest absolute Gasteiger partial charge is 0.478 e. The van der Waals surface area contributed by atoms with Crippen molar-refractivity contribution in [1.82, 2.24) is 24.0 Å². The first-order valence-corrected chi connectivity index (χ1v) is 20.3. The van der Waals surface area contributed by atoms with Gasteiger partial charge in [0.05, 0.1) is 16.6 Å². The van der Waals surface area contributed by atoms with Crippen LogP contribution < -0.4 is 0 Å². The van der Waals surface area contributed by atoms with Gasteiger partial charge in [-0.15, -0.1) is 0 Å². The fraction of sp³-hybridized carbons (Fsp3) is 0.432. The SMILES string of the molecule is CO[C@H](C)c1nc2cc(-c3ccnc4c3cc(CN3CCC(c5ccc(C(=O)O)cc5)CC3)n4C)ccc2n1COCC[Si](C)(C)C. The fourth-order valence-corrected chi connectivity index (χ4v) is 7.38. The molecule has 1 aliphatic rings. The molecule has 47 heavy (non-hydrogen) atoms. The number of aryl methyl sites for hydroxylation is 1. The topological polar surface area (TPSA) is 94.6 Å². The second kappa shape index (κ2) is 13.7. The van der Waals surface area contributed by atoms with E-state index in [9.17, 15) is 9.90 Å². The van der Waals surface area contributed by atoms with Crippen molar-refractivity contribution in [2.75, 3.05) is 26.8 Å². The molecule has 1 aliphatic heterocycles. The number of aromatic nitrogens is 4. The fourth-order valence-electron chi connectivity index (χ4n) is 6.63. The zero-order valence-corrected chi connectivity index (χ0v) is 29.5. The van der Waals surface area contributed by atoms with Gasteiger partial charge in [0.25, 0.3) is 0 Å². The van der Waals surface area contributed by atoms with Gasteiger partial charge in [-0.25, -0.2) is 14.8 Å². The van der Waals surface area contributed by atoms with Crippen LogP contribution in [0.25, 0.3) is 33.2 Å². The Morgan fingerprint density at radius 1 is 1.06 bits per heavy atom.